The van der Waals surface area contributed by atoms with Crippen molar-refractivity contribution < 1.29 is 28.3 Å². The number of benzene rings is 2. The van der Waals surface area contributed by atoms with Crippen LogP contribution in [0.25, 0.3) is 11.5 Å². The molecule has 0 spiro atoms. The highest BCUT2D eigenvalue weighted by molar-refractivity contribution is 5.81. The molecule has 8 heteroatoms. The SMILES string of the molecule is C#CC#Cc1ccc(CCC(=O)C(C)C)cc1.CC(C)C(=O)CCC1CO1.CCCCC(=O)C(C)C.Cc1nnc(-c2ccc(CCC(=O)C(C)C)cc2)o1. The van der Waals surface area contributed by atoms with E-state index in [1.54, 1.807) is 6.92 Å². The maximum atomic E-state index is 11.6. The summed E-state index contributed by atoms with van der Waals surface area (Å²) < 4.78 is 10.3. The summed E-state index contributed by atoms with van der Waals surface area (Å²) in [4.78, 5) is 45.0. The second kappa shape index (κ2) is 27.0. The number of nitrogens with zero attached hydrogens (tertiary/aromatic N) is 2. The number of ketones is 4. The summed E-state index contributed by atoms with van der Waals surface area (Å²) in [7, 11) is 0. The van der Waals surface area contributed by atoms with Gasteiger partial charge in [-0.2, -0.15) is 0 Å². The Kier molecular flexibility index (Phi) is 23.7. The number of aromatic nitrogens is 2. The molecule has 1 saturated heterocycles. The zero-order chi connectivity index (χ0) is 41.3. The van der Waals surface area contributed by atoms with Crippen LogP contribution in [0.4, 0.5) is 0 Å². The Morgan fingerprint density at radius 2 is 1.16 bits per heavy atom. The van der Waals surface area contributed by atoms with Crippen LogP contribution in [0.3, 0.4) is 0 Å². The summed E-state index contributed by atoms with van der Waals surface area (Å²) in [6.45, 7) is 20.3. The third-order valence-electron chi connectivity index (χ3n) is 8.75. The molecular formula is C47H64N2O6. The minimum absolute atomic E-state index is 0.112. The Labute approximate surface area is 331 Å². The topological polar surface area (TPSA) is 120 Å². The Balaban J connectivity index is 0.000000385. The lowest BCUT2D eigenvalue weighted by molar-refractivity contribution is -0.122. The number of carbonyl (C=O) groups is 4. The standard InChI is InChI=1S/C16H16O.C15H18N2O2.C8H14O2.C8H16O/c1-4-5-6-14-7-9-15(10-8-14)11-12-16(17)13(2)3;1-10(2)14(18)9-6-12-4-7-13(8-5-12)15-17-16-11(3)19-15;1-6(2)8(9)4-3-7-5-10-7;1-4-5-6-8(9)7(2)3/h1,7-10,13H,11-12H2,2-3H3;4-5,7-8,10H,6,9H2,1-3H3;6-7H,3-5H2,1-2H3;7H,4-6H2,1-3H3. The van der Waals surface area contributed by atoms with Crippen LogP contribution in [-0.2, 0) is 36.8 Å². The Bertz CT molecular complexity index is 1690. The third kappa shape index (κ3) is 22.3. The van der Waals surface area contributed by atoms with Crippen molar-refractivity contribution >= 4 is 23.1 Å². The van der Waals surface area contributed by atoms with Crippen LogP contribution >= 0.6 is 0 Å². The van der Waals surface area contributed by atoms with E-state index in [0.29, 0.717) is 60.3 Å². The highest BCUT2D eigenvalue weighted by Gasteiger charge is 2.23. The van der Waals surface area contributed by atoms with Gasteiger partial charge in [-0.25, -0.2) is 0 Å². The van der Waals surface area contributed by atoms with E-state index in [0.717, 1.165) is 67.4 Å². The third-order valence-corrected chi connectivity index (χ3v) is 8.75. The number of epoxide rings is 1. The Hall–Kier alpha value is -4.66. The van der Waals surface area contributed by atoms with Crippen LogP contribution in [0.15, 0.2) is 52.9 Å². The number of carbonyl (C=O) groups excluding carboxylic acids is 4. The number of aryl methyl sites for hydroxylation is 3. The molecule has 0 radical (unpaired) electrons. The van der Waals surface area contributed by atoms with Gasteiger partial charge in [-0.05, 0) is 72.9 Å². The van der Waals surface area contributed by atoms with Crippen LogP contribution in [0.2, 0.25) is 0 Å². The summed E-state index contributed by atoms with van der Waals surface area (Å²) in [5.74, 6) is 10.8. The van der Waals surface area contributed by atoms with E-state index in [1.165, 1.54) is 0 Å². The largest absolute Gasteiger partial charge is 0.421 e. The maximum absolute atomic E-state index is 11.6. The zero-order valence-corrected chi connectivity index (χ0v) is 35.0. The van der Waals surface area contributed by atoms with E-state index in [-0.39, 0.29) is 23.7 Å². The first-order valence-corrected chi connectivity index (χ1v) is 19.7. The van der Waals surface area contributed by atoms with Gasteiger partial charge in [0.15, 0.2) is 0 Å². The van der Waals surface area contributed by atoms with E-state index < -0.39 is 0 Å². The van der Waals surface area contributed by atoms with Gasteiger partial charge in [-0.3, -0.25) is 19.2 Å². The van der Waals surface area contributed by atoms with Crippen molar-refractivity contribution in [1.29, 1.82) is 0 Å². The highest BCUT2D eigenvalue weighted by atomic mass is 16.6. The zero-order valence-electron chi connectivity index (χ0n) is 35.0. The maximum Gasteiger partial charge on any atom is 0.247 e. The fourth-order valence-corrected chi connectivity index (χ4v) is 4.67. The van der Waals surface area contributed by atoms with Gasteiger partial charge in [0.1, 0.15) is 23.1 Å². The highest BCUT2D eigenvalue weighted by Crippen LogP contribution is 2.19. The molecule has 298 valence electrons. The quantitative estimate of drug-likeness (QED) is 0.0988. The van der Waals surface area contributed by atoms with Gasteiger partial charge < -0.3 is 9.15 Å². The minimum atomic E-state index is 0.112. The second-order valence-electron chi connectivity index (χ2n) is 15.0. The molecular weight excluding hydrogens is 689 g/mol. The molecule has 1 aliphatic heterocycles. The van der Waals surface area contributed by atoms with Crippen LogP contribution in [0, 0.1) is 54.8 Å². The fourth-order valence-electron chi connectivity index (χ4n) is 4.67. The van der Waals surface area contributed by atoms with E-state index in [9.17, 15) is 19.2 Å². The summed E-state index contributed by atoms with van der Waals surface area (Å²) in [6, 6.07) is 15.7. The average Bonchev–Trinajstić information content (AvgIpc) is 3.91. The van der Waals surface area contributed by atoms with Crippen molar-refractivity contribution in [2.24, 2.45) is 23.7 Å². The molecule has 1 aromatic heterocycles. The fraction of sp³-hybridized carbons (Fsp3) is 0.532. The molecule has 1 aliphatic rings. The molecule has 2 aromatic carbocycles. The van der Waals surface area contributed by atoms with Gasteiger partial charge in [0.2, 0.25) is 11.8 Å². The molecule has 4 rings (SSSR count). The van der Waals surface area contributed by atoms with Crippen molar-refractivity contribution in [2.75, 3.05) is 6.61 Å². The van der Waals surface area contributed by atoms with Crippen molar-refractivity contribution in [3.8, 4) is 35.6 Å². The molecule has 0 saturated carbocycles. The van der Waals surface area contributed by atoms with Gasteiger partial charge in [-0.1, -0.05) is 98.9 Å². The lowest BCUT2D eigenvalue weighted by Gasteiger charge is -2.04. The van der Waals surface area contributed by atoms with Crippen molar-refractivity contribution in [2.45, 2.75) is 133 Å². The smallest absolute Gasteiger partial charge is 0.247 e. The minimum Gasteiger partial charge on any atom is -0.421 e. The van der Waals surface area contributed by atoms with Gasteiger partial charge in [-0.15, -0.1) is 16.6 Å². The van der Waals surface area contributed by atoms with Crippen LogP contribution in [0.5, 0.6) is 0 Å². The molecule has 1 fully saturated rings. The lowest BCUT2D eigenvalue weighted by Crippen LogP contribution is -2.07. The molecule has 0 bridgehead atoms. The number of hydrogen-bond acceptors (Lipinski definition) is 8. The normalized spacial score (nSPS) is 12.6. The van der Waals surface area contributed by atoms with Crippen molar-refractivity contribution in [3.63, 3.8) is 0 Å². The second-order valence-corrected chi connectivity index (χ2v) is 15.0. The lowest BCUT2D eigenvalue weighted by atomic mass is 10.0. The first kappa shape index (κ1) is 48.4. The first-order chi connectivity index (χ1) is 26.1. The molecule has 8 nitrogen and oxygen atoms in total. The summed E-state index contributed by atoms with van der Waals surface area (Å²) in [5, 5.41) is 7.78. The molecule has 1 atom stereocenters. The van der Waals surface area contributed by atoms with E-state index in [1.807, 2.05) is 104 Å². The molecule has 0 N–H and O–H groups in total. The number of ether oxygens (including phenoxy) is 1. The summed E-state index contributed by atoms with van der Waals surface area (Å²) in [6.07, 6.45) is 12.8. The van der Waals surface area contributed by atoms with Gasteiger partial charge in [0.05, 0.1) is 12.7 Å². The van der Waals surface area contributed by atoms with Crippen LogP contribution in [-0.4, -0.2) is 46.0 Å². The number of terminal acetylenes is 1. The molecule has 0 aliphatic carbocycles. The molecule has 2 heterocycles. The first-order valence-electron chi connectivity index (χ1n) is 19.7. The van der Waals surface area contributed by atoms with Crippen molar-refractivity contribution in [1.82, 2.24) is 10.2 Å². The monoisotopic (exact) mass is 752 g/mol. The summed E-state index contributed by atoms with van der Waals surface area (Å²) in [5.41, 5.74) is 4.11. The number of hydrogen-bond donors (Lipinski definition) is 0. The Morgan fingerprint density at radius 3 is 1.56 bits per heavy atom. The van der Waals surface area contributed by atoms with Gasteiger partial charge in [0, 0.05) is 67.4 Å². The number of Topliss-reactive ketones (excluding diaryl/α,β-unsaturated/α-hetero) is 4. The van der Waals surface area contributed by atoms with E-state index in [4.69, 9.17) is 15.6 Å². The van der Waals surface area contributed by atoms with Crippen LogP contribution in [0.1, 0.15) is 130 Å². The van der Waals surface area contributed by atoms with E-state index >= 15 is 0 Å². The molecule has 1 unspecified atom stereocenters. The van der Waals surface area contributed by atoms with Crippen molar-refractivity contribution in [3.05, 3.63) is 71.1 Å². The molecule has 0 amide bonds. The molecule has 3 aromatic rings. The van der Waals surface area contributed by atoms with Gasteiger partial charge >= 0.3 is 0 Å². The predicted octanol–water partition coefficient (Wildman–Crippen LogP) is 9.82. The van der Waals surface area contributed by atoms with Crippen LogP contribution < -0.4 is 0 Å². The van der Waals surface area contributed by atoms with E-state index in [2.05, 4.69) is 34.9 Å². The number of unbranched alkanes of at least 4 members (excludes halogenated alkanes) is 1. The predicted molar refractivity (Wildman–Crippen MR) is 221 cm³/mol. The summed E-state index contributed by atoms with van der Waals surface area (Å²) >= 11 is 0. The number of rotatable bonds is 17. The van der Waals surface area contributed by atoms with Gasteiger partial charge in [0.25, 0.3) is 0 Å². The Morgan fingerprint density at radius 1 is 0.709 bits per heavy atom. The molecule has 55 heavy (non-hydrogen) atoms. The average molecular weight is 753 g/mol.